The molecule has 0 aromatic rings. The number of hydrogen-bond donors (Lipinski definition) is 0. The minimum Gasteiger partial charge on any atom is -0.324 e. The average Bonchev–Trinajstić information content (AvgIpc) is 2.12. The van der Waals surface area contributed by atoms with E-state index in [2.05, 4.69) is 11.5 Å². The van der Waals surface area contributed by atoms with Crippen molar-refractivity contribution in [1.82, 2.24) is 4.57 Å². The van der Waals surface area contributed by atoms with Crippen LogP contribution in [0.2, 0.25) is 11.3 Å². The van der Waals surface area contributed by atoms with Gasteiger partial charge in [-0.25, -0.2) is 0 Å². The molecule has 2 aliphatic rings. The van der Waals surface area contributed by atoms with Gasteiger partial charge >= 0.3 is 0 Å². The highest BCUT2D eigenvalue weighted by Crippen LogP contribution is 2.27. The van der Waals surface area contributed by atoms with Crippen molar-refractivity contribution in [3.8, 4) is 0 Å². The first kappa shape index (κ1) is 9.93. The van der Waals surface area contributed by atoms with Gasteiger partial charge in [0.25, 0.3) is 0 Å². The van der Waals surface area contributed by atoms with Crippen LogP contribution in [0, 0.1) is 0 Å². The van der Waals surface area contributed by atoms with Gasteiger partial charge in [0.1, 0.15) is 8.96 Å². The van der Waals surface area contributed by atoms with Gasteiger partial charge < -0.3 is 4.57 Å². The lowest BCUT2D eigenvalue weighted by Crippen LogP contribution is -2.52. The maximum Gasteiger partial charge on any atom is 0.106 e. The zero-order valence-corrected chi connectivity index (χ0v) is 11.5. The van der Waals surface area contributed by atoms with Crippen molar-refractivity contribution in [3.05, 3.63) is 0 Å². The average molecular weight is 213 g/mol. The molecule has 2 rings (SSSR count). The second-order valence-electron chi connectivity index (χ2n) is 4.71. The predicted octanol–water partition coefficient (Wildman–Crippen LogP) is 1.46. The third kappa shape index (κ3) is 2.25. The molecule has 0 aromatic carbocycles. The molecular formula is C10H23NSi2. The summed E-state index contributed by atoms with van der Waals surface area (Å²) in [4.78, 5) is 0. The van der Waals surface area contributed by atoms with E-state index in [1.807, 2.05) is 0 Å². The molecule has 1 aliphatic heterocycles. The smallest absolute Gasteiger partial charge is 0.106 e. The Balaban J connectivity index is 1.86. The molecule has 0 atom stereocenters. The molecule has 13 heavy (non-hydrogen) atoms. The fourth-order valence-electron chi connectivity index (χ4n) is 2.95. The van der Waals surface area contributed by atoms with Crippen LogP contribution in [0.4, 0.5) is 0 Å². The Kier molecular flexibility index (Phi) is 3.63. The molecule has 1 nitrogen and oxygen atoms in total. The van der Waals surface area contributed by atoms with Crippen molar-refractivity contribution in [1.29, 1.82) is 0 Å². The Morgan fingerprint density at radius 3 is 2.38 bits per heavy atom. The van der Waals surface area contributed by atoms with Crippen molar-refractivity contribution in [2.75, 3.05) is 6.54 Å². The van der Waals surface area contributed by atoms with Crippen LogP contribution in [0.1, 0.15) is 39.0 Å². The minimum absolute atomic E-state index is 0.294. The summed E-state index contributed by atoms with van der Waals surface area (Å²) in [5, 5.41) is 0. The topological polar surface area (TPSA) is 3.24 Å². The first-order chi connectivity index (χ1) is 6.42. The fraction of sp³-hybridized carbons (Fsp3) is 1.00. The first-order valence-corrected chi connectivity index (χ1v) is 10.3. The summed E-state index contributed by atoms with van der Waals surface area (Å²) in [6, 6.07) is 1.03. The van der Waals surface area contributed by atoms with Crippen molar-refractivity contribution < 1.29 is 0 Å². The van der Waals surface area contributed by atoms with E-state index < -0.39 is 0 Å². The summed E-state index contributed by atoms with van der Waals surface area (Å²) in [6.07, 6.45) is 7.59. The van der Waals surface area contributed by atoms with Gasteiger partial charge in [0.05, 0.1) is 0 Å². The molecule has 76 valence electrons. The van der Waals surface area contributed by atoms with Crippen molar-refractivity contribution in [2.24, 2.45) is 0 Å². The Labute approximate surface area is 86.4 Å². The molecule has 0 radical (unpaired) electrons. The highest BCUT2D eigenvalue weighted by atomic mass is 28.4. The molecule has 1 saturated heterocycles. The van der Waals surface area contributed by atoms with Gasteiger partial charge in [-0.05, 0) is 19.4 Å². The van der Waals surface area contributed by atoms with E-state index >= 15 is 0 Å². The molecule has 0 unspecified atom stereocenters. The first-order valence-electron chi connectivity index (χ1n) is 6.17. The Hall–Kier alpha value is 0.394. The lowest BCUT2D eigenvalue weighted by Gasteiger charge is -2.42. The van der Waals surface area contributed by atoms with Crippen molar-refractivity contribution in [2.45, 2.75) is 56.4 Å². The van der Waals surface area contributed by atoms with Gasteiger partial charge in [0.2, 0.25) is 0 Å². The molecule has 0 bridgehead atoms. The Bertz CT molecular complexity index is 153. The molecule has 1 aliphatic carbocycles. The van der Waals surface area contributed by atoms with Gasteiger partial charge in [0, 0.05) is 15.6 Å². The third-order valence-electron chi connectivity index (χ3n) is 3.95. The molecule has 0 amide bonds. The zero-order valence-electron chi connectivity index (χ0n) is 8.97. The maximum absolute atomic E-state index is 2.97. The monoisotopic (exact) mass is 213 g/mol. The summed E-state index contributed by atoms with van der Waals surface area (Å²) in [7, 11) is 0.196. The SMILES string of the molecule is CCN(C1CCCCC1)[SiH]1C[SiH2]C1. The lowest BCUT2D eigenvalue weighted by molar-refractivity contribution is 0.259. The van der Waals surface area contributed by atoms with Crippen LogP contribution in [-0.4, -0.2) is 35.6 Å². The lowest BCUT2D eigenvalue weighted by atomic mass is 9.95. The molecule has 0 spiro atoms. The highest BCUT2D eigenvalue weighted by Gasteiger charge is 2.31. The quantitative estimate of drug-likeness (QED) is 0.642. The van der Waals surface area contributed by atoms with Gasteiger partial charge in [-0.2, -0.15) is 0 Å². The Morgan fingerprint density at radius 1 is 1.23 bits per heavy atom. The van der Waals surface area contributed by atoms with Crippen molar-refractivity contribution in [3.63, 3.8) is 0 Å². The third-order valence-corrected chi connectivity index (χ3v) is 14.3. The summed E-state index contributed by atoms with van der Waals surface area (Å²) in [5.74, 6) is 0. The van der Waals surface area contributed by atoms with E-state index in [0.29, 0.717) is 9.52 Å². The number of rotatable bonds is 3. The summed E-state index contributed by atoms with van der Waals surface area (Å²) in [6.45, 7) is 3.76. The normalized spacial score (nSPS) is 32.3. The van der Waals surface area contributed by atoms with Crippen LogP contribution in [0.15, 0.2) is 0 Å². The van der Waals surface area contributed by atoms with Gasteiger partial charge in [-0.3, -0.25) is 0 Å². The van der Waals surface area contributed by atoms with Crippen LogP contribution >= 0.6 is 0 Å². The van der Waals surface area contributed by atoms with Crippen LogP contribution in [-0.2, 0) is 0 Å². The zero-order chi connectivity index (χ0) is 9.10. The molecule has 0 N–H and O–H groups in total. The van der Waals surface area contributed by atoms with E-state index in [1.165, 1.54) is 38.6 Å². The second kappa shape index (κ2) is 4.76. The van der Waals surface area contributed by atoms with Gasteiger partial charge in [-0.15, -0.1) is 0 Å². The molecule has 1 saturated carbocycles. The minimum atomic E-state index is -0.294. The second-order valence-corrected chi connectivity index (χ2v) is 12.0. The summed E-state index contributed by atoms with van der Waals surface area (Å²) in [5.41, 5.74) is 3.51. The standard InChI is InChI=1S/C10H23NSi2/c1-2-11(13-8-12-9-13)10-6-4-3-5-7-10/h10,13H,2-9,12H2,1H3. The van der Waals surface area contributed by atoms with E-state index in [9.17, 15) is 0 Å². The van der Waals surface area contributed by atoms with Gasteiger partial charge in [0.15, 0.2) is 0 Å². The number of hydrogen-bond acceptors (Lipinski definition) is 1. The summed E-state index contributed by atoms with van der Waals surface area (Å²) < 4.78 is 2.97. The number of nitrogens with zero attached hydrogens (tertiary/aromatic N) is 1. The molecule has 0 aromatic heterocycles. The summed E-state index contributed by atoms with van der Waals surface area (Å²) >= 11 is 0. The van der Waals surface area contributed by atoms with Crippen LogP contribution in [0.5, 0.6) is 0 Å². The van der Waals surface area contributed by atoms with E-state index in [1.54, 1.807) is 11.3 Å². The maximum atomic E-state index is 2.97. The molecular weight excluding hydrogens is 190 g/mol. The highest BCUT2D eigenvalue weighted by molar-refractivity contribution is 6.84. The van der Waals surface area contributed by atoms with Crippen LogP contribution < -0.4 is 0 Å². The van der Waals surface area contributed by atoms with Crippen molar-refractivity contribution >= 4 is 18.5 Å². The van der Waals surface area contributed by atoms with Crippen LogP contribution in [0.3, 0.4) is 0 Å². The van der Waals surface area contributed by atoms with E-state index in [4.69, 9.17) is 0 Å². The fourth-order valence-corrected chi connectivity index (χ4v) is 10.1. The Morgan fingerprint density at radius 2 is 1.92 bits per heavy atom. The van der Waals surface area contributed by atoms with Crippen LogP contribution in [0.25, 0.3) is 0 Å². The largest absolute Gasteiger partial charge is 0.324 e. The van der Waals surface area contributed by atoms with E-state index in [0.717, 1.165) is 6.04 Å². The molecule has 2 fully saturated rings. The predicted molar refractivity (Wildman–Crippen MR) is 64.6 cm³/mol. The van der Waals surface area contributed by atoms with E-state index in [-0.39, 0.29) is 8.96 Å². The molecule has 1 heterocycles. The molecule has 3 heteroatoms. The van der Waals surface area contributed by atoms with Gasteiger partial charge in [-0.1, -0.05) is 37.5 Å².